The highest BCUT2D eigenvalue weighted by Gasteiger charge is 2.30. The Kier molecular flexibility index (Phi) is 3.73. The lowest BCUT2D eigenvalue weighted by molar-refractivity contribution is -0.139. The Bertz CT molecular complexity index is 636. The number of amides is 3. The number of nitrogens with one attached hydrogen (secondary N) is 1. The minimum absolute atomic E-state index is 0.00380. The quantitative estimate of drug-likeness (QED) is 0.741. The van der Waals surface area contributed by atoms with Gasteiger partial charge in [-0.25, -0.2) is 0 Å². The van der Waals surface area contributed by atoms with E-state index in [2.05, 4.69) is 15.5 Å². The molecular formula is C12H12N4O6. The number of nitrogens with zero attached hydrogens (tertiary/aromatic N) is 3. The molecule has 2 aliphatic rings. The summed E-state index contributed by atoms with van der Waals surface area (Å²) in [5.74, 6) is -1.12. The first-order chi connectivity index (χ1) is 10.6. The van der Waals surface area contributed by atoms with Crippen LogP contribution in [0.4, 0.5) is 6.01 Å². The lowest BCUT2D eigenvalue weighted by atomic mass is 10.4. The fourth-order valence-electron chi connectivity index (χ4n) is 1.95. The summed E-state index contributed by atoms with van der Waals surface area (Å²) in [6, 6.07) is -0.158. The van der Waals surface area contributed by atoms with Crippen molar-refractivity contribution < 1.29 is 28.3 Å². The van der Waals surface area contributed by atoms with E-state index in [0.717, 1.165) is 4.90 Å². The van der Waals surface area contributed by atoms with Gasteiger partial charge in [-0.15, -0.1) is 5.10 Å². The van der Waals surface area contributed by atoms with E-state index >= 15 is 0 Å². The molecule has 0 aromatic carbocycles. The third-order valence-electron chi connectivity index (χ3n) is 3.01. The first kappa shape index (κ1) is 14.0. The number of rotatable bonds is 4. The van der Waals surface area contributed by atoms with E-state index < -0.39 is 5.91 Å². The van der Waals surface area contributed by atoms with Gasteiger partial charge in [0.15, 0.2) is 0 Å². The van der Waals surface area contributed by atoms with Gasteiger partial charge in [-0.3, -0.25) is 24.6 Å². The molecule has 0 radical (unpaired) electrons. The lowest BCUT2D eigenvalue weighted by Gasteiger charge is -2.13. The smallest absolute Gasteiger partial charge is 0.322 e. The number of hydrogen-bond donors (Lipinski definition) is 1. The molecule has 3 heterocycles. The Morgan fingerprint density at radius 1 is 1.23 bits per heavy atom. The predicted octanol–water partition coefficient (Wildman–Crippen LogP) is -0.455. The maximum Gasteiger partial charge on any atom is 0.322 e. The van der Waals surface area contributed by atoms with Crippen LogP contribution in [0.25, 0.3) is 0 Å². The molecule has 10 nitrogen and oxygen atoms in total. The molecule has 0 bridgehead atoms. The highest BCUT2D eigenvalue weighted by atomic mass is 16.6. The Balaban J connectivity index is 1.61. The molecule has 1 N–H and O–H groups in total. The maximum atomic E-state index is 11.8. The maximum absolute atomic E-state index is 11.8. The van der Waals surface area contributed by atoms with Crippen molar-refractivity contribution in [2.75, 3.05) is 18.5 Å². The van der Waals surface area contributed by atoms with Crippen LogP contribution >= 0.6 is 0 Å². The first-order valence-corrected chi connectivity index (χ1v) is 6.55. The molecule has 3 amide bonds. The minimum atomic E-state index is -0.594. The van der Waals surface area contributed by atoms with Gasteiger partial charge in [0.25, 0.3) is 5.91 Å². The molecule has 22 heavy (non-hydrogen) atoms. The second-order valence-corrected chi connectivity index (χ2v) is 4.53. The van der Waals surface area contributed by atoms with E-state index in [9.17, 15) is 14.4 Å². The van der Waals surface area contributed by atoms with E-state index in [1.807, 2.05) is 0 Å². The summed E-state index contributed by atoms with van der Waals surface area (Å²) >= 11 is 0. The van der Waals surface area contributed by atoms with Crippen LogP contribution in [0.5, 0.6) is 0 Å². The fraction of sp³-hybridized carbons (Fsp3) is 0.417. The van der Waals surface area contributed by atoms with Gasteiger partial charge < -0.3 is 13.9 Å². The van der Waals surface area contributed by atoms with Crippen molar-refractivity contribution in [2.24, 2.45) is 0 Å². The normalized spacial score (nSPS) is 17.8. The van der Waals surface area contributed by atoms with Crippen LogP contribution in [0.15, 0.2) is 16.4 Å². The van der Waals surface area contributed by atoms with Crippen molar-refractivity contribution in [2.45, 2.75) is 19.4 Å². The Hall–Kier alpha value is -2.91. The summed E-state index contributed by atoms with van der Waals surface area (Å²) < 4.78 is 15.2. The van der Waals surface area contributed by atoms with Gasteiger partial charge in [0.2, 0.25) is 23.5 Å². The monoisotopic (exact) mass is 308 g/mol. The van der Waals surface area contributed by atoms with E-state index in [-0.39, 0.29) is 55.5 Å². The number of aromatic nitrogens is 2. The number of imide groups is 1. The molecule has 0 atom stereocenters. The van der Waals surface area contributed by atoms with Crippen LogP contribution in [0.1, 0.15) is 18.7 Å². The van der Waals surface area contributed by atoms with Gasteiger partial charge in [-0.05, 0) is 0 Å². The van der Waals surface area contributed by atoms with Crippen LogP contribution in [0.2, 0.25) is 0 Å². The van der Waals surface area contributed by atoms with Crippen LogP contribution in [0.3, 0.4) is 0 Å². The van der Waals surface area contributed by atoms with Crippen LogP contribution in [-0.4, -0.2) is 46.0 Å². The summed E-state index contributed by atoms with van der Waals surface area (Å²) in [4.78, 5) is 35.8. The largest absolute Gasteiger partial charge is 0.494 e. The van der Waals surface area contributed by atoms with Crippen molar-refractivity contribution in [3.63, 3.8) is 0 Å². The van der Waals surface area contributed by atoms with Gasteiger partial charge >= 0.3 is 6.01 Å². The van der Waals surface area contributed by atoms with E-state index in [0.29, 0.717) is 6.61 Å². The molecule has 0 spiro atoms. The average Bonchev–Trinajstić information content (AvgIpc) is 3.10. The third-order valence-corrected chi connectivity index (χ3v) is 3.01. The van der Waals surface area contributed by atoms with E-state index in [4.69, 9.17) is 13.9 Å². The Morgan fingerprint density at radius 3 is 2.68 bits per heavy atom. The molecule has 1 fully saturated rings. The summed E-state index contributed by atoms with van der Waals surface area (Å²) in [7, 11) is 0. The SMILES string of the molecule is O=C(Nc1nnc(CN2C(=O)CCC2=O)o1)C1=COCCO1. The summed E-state index contributed by atoms with van der Waals surface area (Å²) in [5, 5.41) is 9.64. The van der Waals surface area contributed by atoms with Gasteiger partial charge in [0, 0.05) is 12.8 Å². The molecule has 1 aromatic heterocycles. The molecule has 116 valence electrons. The molecule has 0 unspecified atom stereocenters. The zero-order valence-electron chi connectivity index (χ0n) is 11.4. The van der Waals surface area contributed by atoms with Crippen molar-refractivity contribution in [3.8, 4) is 0 Å². The number of hydrogen-bond acceptors (Lipinski definition) is 8. The summed E-state index contributed by atoms with van der Waals surface area (Å²) in [6.07, 6.45) is 1.56. The van der Waals surface area contributed by atoms with Gasteiger partial charge in [0.05, 0.1) is 0 Å². The standard InChI is InChI=1S/C12H12N4O6/c17-9-1-2-10(18)16(9)5-8-14-15-12(22-8)13-11(19)7-6-20-3-4-21-7/h6H,1-5H2,(H,13,15,19). The van der Waals surface area contributed by atoms with Gasteiger partial charge in [0.1, 0.15) is 26.0 Å². The van der Waals surface area contributed by atoms with Crippen LogP contribution in [0, 0.1) is 0 Å². The highest BCUT2D eigenvalue weighted by Crippen LogP contribution is 2.16. The Labute approximate surface area is 124 Å². The molecule has 2 aliphatic heterocycles. The second-order valence-electron chi connectivity index (χ2n) is 4.53. The van der Waals surface area contributed by atoms with Crippen molar-refractivity contribution >= 4 is 23.7 Å². The number of anilines is 1. The number of likely N-dealkylation sites (tertiary alicyclic amines) is 1. The summed E-state index contributed by atoms with van der Waals surface area (Å²) in [5.41, 5.74) is 0. The van der Waals surface area contributed by atoms with Crippen molar-refractivity contribution in [1.29, 1.82) is 0 Å². The first-order valence-electron chi connectivity index (χ1n) is 6.55. The molecule has 1 aromatic rings. The lowest BCUT2D eigenvalue weighted by Crippen LogP contribution is -2.28. The number of carbonyl (C=O) groups excluding carboxylic acids is 3. The van der Waals surface area contributed by atoms with Crippen molar-refractivity contribution in [1.82, 2.24) is 15.1 Å². The van der Waals surface area contributed by atoms with Crippen LogP contribution in [-0.2, 0) is 30.4 Å². The number of ether oxygens (including phenoxy) is 2. The summed E-state index contributed by atoms with van der Waals surface area (Å²) in [6.45, 7) is 0.537. The molecule has 0 aliphatic carbocycles. The zero-order valence-corrected chi connectivity index (χ0v) is 11.4. The third kappa shape index (κ3) is 2.90. The van der Waals surface area contributed by atoms with E-state index in [1.165, 1.54) is 6.26 Å². The fourth-order valence-corrected chi connectivity index (χ4v) is 1.95. The molecule has 1 saturated heterocycles. The highest BCUT2D eigenvalue weighted by molar-refractivity contribution is 6.02. The van der Waals surface area contributed by atoms with Gasteiger partial charge in [-0.1, -0.05) is 5.10 Å². The molecule has 3 rings (SSSR count). The Morgan fingerprint density at radius 2 is 2.00 bits per heavy atom. The van der Waals surface area contributed by atoms with Crippen molar-refractivity contribution in [3.05, 3.63) is 17.9 Å². The molecular weight excluding hydrogens is 296 g/mol. The van der Waals surface area contributed by atoms with Crippen LogP contribution < -0.4 is 5.32 Å². The predicted molar refractivity (Wildman–Crippen MR) is 67.7 cm³/mol. The second kappa shape index (κ2) is 5.84. The zero-order chi connectivity index (χ0) is 15.5. The van der Waals surface area contributed by atoms with Gasteiger partial charge in [-0.2, -0.15) is 0 Å². The minimum Gasteiger partial charge on any atom is -0.494 e. The number of carbonyl (C=O) groups is 3. The average molecular weight is 308 g/mol. The van der Waals surface area contributed by atoms with E-state index in [1.54, 1.807) is 0 Å². The topological polar surface area (TPSA) is 124 Å². The molecule has 0 saturated carbocycles. The molecule has 10 heteroatoms.